The smallest absolute Gasteiger partial charge is 0.327 e. The van der Waals surface area contributed by atoms with Gasteiger partial charge in [-0.1, -0.05) is 131 Å². The third kappa shape index (κ3) is 6.86. The largest absolute Gasteiger partial charge is 1.00 e. The fourth-order valence-electron chi connectivity index (χ4n) is 3.81. The van der Waals surface area contributed by atoms with Crippen LogP contribution in [0.2, 0.25) is 0 Å². The Morgan fingerprint density at radius 1 is 0.516 bits per heavy atom. The van der Waals surface area contributed by atoms with Crippen LogP contribution in [-0.2, 0) is 21.7 Å². The molecule has 0 aliphatic carbocycles. The summed E-state index contributed by atoms with van der Waals surface area (Å²) in [6.45, 7) is 27.7. The van der Waals surface area contributed by atoms with Gasteiger partial charge >= 0.3 is 29.6 Å². The molecule has 0 aromatic heterocycles. The summed E-state index contributed by atoms with van der Waals surface area (Å²) >= 11 is 0. The zero-order valence-corrected chi connectivity index (χ0v) is 25.5. The molecule has 166 valence electrons. The Bertz CT molecular complexity index is 861. The third-order valence-electron chi connectivity index (χ3n) is 5.92. The van der Waals surface area contributed by atoms with Gasteiger partial charge < -0.3 is 7.55 Å². The van der Waals surface area contributed by atoms with Crippen molar-refractivity contribution in [2.75, 3.05) is 0 Å². The fourth-order valence-corrected chi connectivity index (χ4v) is 5.96. The minimum absolute atomic E-state index is 0. The molecule has 0 heterocycles. The molecular formula is C29H44NaP. The van der Waals surface area contributed by atoms with Crippen LogP contribution in [0.15, 0.2) is 36.4 Å². The Hall–Kier alpha value is -0.260. The van der Waals surface area contributed by atoms with E-state index in [1.807, 2.05) is 0 Å². The van der Waals surface area contributed by atoms with E-state index in [1.165, 1.54) is 32.9 Å². The van der Waals surface area contributed by atoms with Crippen LogP contribution in [0.1, 0.15) is 105 Å². The molecule has 0 saturated heterocycles. The number of hydrogen-bond acceptors (Lipinski definition) is 0. The summed E-state index contributed by atoms with van der Waals surface area (Å²) in [5.41, 5.74) is 6.15. The molecule has 2 aromatic rings. The summed E-state index contributed by atoms with van der Waals surface area (Å²) in [7, 11) is -0.687. The van der Waals surface area contributed by atoms with Gasteiger partial charge in [0.1, 0.15) is 0 Å². The van der Waals surface area contributed by atoms with E-state index in [2.05, 4.69) is 119 Å². The van der Waals surface area contributed by atoms with Gasteiger partial charge in [-0.2, -0.15) is 10.6 Å². The van der Waals surface area contributed by atoms with Gasteiger partial charge in [0.25, 0.3) is 0 Å². The van der Waals surface area contributed by atoms with Crippen molar-refractivity contribution >= 4 is 24.5 Å². The molecule has 0 amide bonds. The quantitative estimate of drug-likeness (QED) is 0.462. The molecule has 0 aliphatic heterocycles. The van der Waals surface area contributed by atoms with Crippen LogP contribution >= 0.6 is 7.55 Å². The molecule has 0 nitrogen and oxygen atoms in total. The molecular weight excluding hydrogens is 402 g/mol. The van der Waals surface area contributed by atoms with Crippen molar-refractivity contribution in [3.05, 3.63) is 58.7 Å². The molecule has 0 atom stereocenters. The van der Waals surface area contributed by atoms with Crippen molar-refractivity contribution in [3.63, 3.8) is 0 Å². The molecule has 0 fully saturated rings. The Balaban J connectivity index is 0.00000480. The molecule has 0 unspecified atom stereocenters. The molecule has 31 heavy (non-hydrogen) atoms. The molecule has 2 heteroatoms. The first-order valence-corrected chi connectivity index (χ1v) is 12.8. The van der Waals surface area contributed by atoms with E-state index in [1.54, 1.807) is 0 Å². The van der Waals surface area contributed by atoms with E-state index in [4.69, 9.17) is 6.30 Å². The van der Waals surface area contributed by atoms with Gasteiger partial charge in [-0.15, -0.1) is 0 Å². The summed E-state index contributed by atoms with van der Waals surface area (Å²) in [5, 5.41) is 2.83. The van der Waals surface area contributed by atoms with Crippen LogP contribution < -0.4 is 40.2 Å². The maximum Gasteiger partial charge on any atom is 1.00 e. The van der Waals surface area contributed by atoms with Crippen molar-refractivity contribution in [3.8, 4) is 0 Å². The maximum atomic E-state index is 4.78. The summed E-state index contributed by atoms with van der Waals surface area (Å²) in [5.74, 6) is 0. The fraction of sp³-hybridized carbons (Fsp3) is 0.552. The van der Waals surface area contributed by atoms with Crippen molar-refractivity contribution < 1.29 is 29.6 Å². The first-order valence-electron chi connectivity index (χ1n) is 11.2. The topological polar surface area (TPSA) is 0 Å². The van der Waals surface area contributed by atoms with Crippen LogP contribution in [0.5, 0.6) is 0 Å². The monoisotopic (exact) mass is 446 g/mol. The van der Waals surface area contributed by atoms with Gasteiger partial charge in [-0.25, -0.2) is 6.30 Å². The first kappa shape index (κ1) is 28.8. The van der Waals surface area contributed by atoms with Crippen molar-refractivity contribution in [2.45, 2.75) is 105 Å². The van der Waals surface area contributed by atoms with Crippen molar-refractivity contribution in [1.82, 2.24) is 0 Å². The van der Waals surface area contributed by atoms with Gasteiger partial charge in [0, 0.05) is 0 Å². The second kappa shape index (κ2) is 9.54. The van der Waals surface area contributed by atoms with Crippen molar-refractivity contribution in [1.29, 1.82) is 0 Å². The van der Waals surface area contributed by atoms with E-state index >= 15 is 0 Å². The molecule has 2 rings (SSSR count). The molecule has 2 aromatic carbocycles. The van der Waals surface area contributed by atoms with Crippen LogP contribution in [-0.4, -0.2) is 6.30 Å². The molecule has 0 saturated carbocycles. The SMILES string of the molecule is C=[P-](c1ccc(C(C)(C)C)cc1C(C)(C)C)c1ccc(C(C)(C)C)cc1C(C)(C)C.[Na+]. The second-order valence-electron chi connectivity index (χ2n) is 12.9. The first-order chi connectivity index (χ1) is 13.3. The molecule has 0 N–H and O–H groups in total. The molecule has 0 aliphatic rings. The zero-order valence-electron chi connectivity index (χ0n) is 22.6. The predicted octanol–water partition coefficient (Wildman–Crippen LogP) is 4.75. The average Bonchev–Trinajstić information content (AvgIpc) is 2.57. The Kier molecular flexibility index (Phi) is 8.86. The predicted molar refractivity (Wildman–Crippen MR) is 141 cm³/mol. The summed E-state index contributed by atoms with van der Waals surface area (Å²) in [6, 6.07) is 14.3. The third-order valence-corrected chi connectivity index (χ3v) is 7.87. The maximum absolute atomic E-state index is 4.78. The van der Waals surface area contributed by atoms with E-state index in [-0.39, 0.29) is 51.2 Å². The van der Waals surface area contributed by atoms with Crippen LogP contribution in [0, 0.1) is 0 Å². The van der Waals surface area contributed by atoms with E-state index in [0.717, 1.165) is 0 Å². The van der Waals surface area contributed by atoms with Gasteiger partial charge in [-0.3, -0.25) is 0 Å². The van der Waals surface area contributed by atoms with E-state index in [9.17, 15) is 0 Å². The summed E-state index contributed by atoms with van der Waals surface area (Å²) < 4.78 is 0. The Labute approximate surface area is 216 Å². The minimum atomic E-state index is -0.687. The van der Waals surface area contributed by atoms with Gasteiger partial charge in [0.15, 0.2) is 0 Å². The van der Waals surface area contributed by atoms with Crippen LogP contribution in [0.3, 0.4) is 0 Å². The van der Waals surface area contributed by atoms with Crippen LogP contribution in [0.4, 0.5) is 0 Å². The standard InChI is InChI=1S/C29H44P.Na/c1-26(2,3)20-14-16-24(22(18-20)28(7,8)9)30(13)25-17-15-21(27(4,5)6)19-23(25)29(10,11)12;/h14-19H,13H2,1-12H3;/q-1;+1. The van der Waals surface area contributed by atoms with Crippen LogP contribution in [0.25, 0.3) is 0 Å². The second-order valence-corrected chi connectivity index (χ2v) is 14.7. The van der Waals surface area contributed by atoms with Gasteiger partial charge in [0.2, 0.25) is 0 Å². The van der Waals surface area contributed by atoms with E-state index in [0.29, 0.717) is 0 Å². The van der Waals surface area contributed by atoms with Gasteiger partial charge in [-0.05, 0) is 32.8 Å². The summed E-state index contributed by atoms with van der Waals surface area (Å²) in [6.07, 6.45) is 4.78. The molecule has 0 spiro atoms. The Morgan fingerprint density at radius 2 is 0.806 bits per heavy atom. The van der Waals surface area contributed by atoms with Crippen molar-refractivity contribution in [2.24, 2.45) is 0 Å². The minimum Gasteiger partial charge on any atom is -0.327 e. The van der Waals surface area contributed by atoms with E-state index < -0.39 is 7.55 Å². The number of benzene rings is 2. The zero-order chi connectivity index (χ0) is 23.3. The summed E-state index contributed by atoms with van der Waals surface area (Å²) in [4.78, 5) is 0. The average molecular weight is 447 g/mol. The Morgan fingerprint density at radius 3 is 1.03 bits per heavy atom. The number of rotatable bonds is 2. The van der Waals surface area contributed by atoms with Gasteiger partial charge in [0.05, 0.1) is 0 Å². The number of hydrogen-bond donors (Lipinski definition) is 0. The molecule has 0 radical (unpaired) electrons. The normalized spacial score (nSPS) is 13.3. The molecule has 0 bridgehead atoms.